The van der Waals surface area contributed by atoms with Crippen molar-refractivity contribution in [1.82, 2.24) is 14.9 Å². The van der Waals surface area contributed by atoms with Crippen molar-refractivity contribution in [3.63, 3.8) is 0 Å². The number of hydrogen-bond acceptors (Lipinski definition) is 7. The molecule has 9 heteroatoms. The monoisotopic (exact) mass is 282 g/mol. The molecular formula is C11H18N6O3. The predicted molar refractivity (Wildman–Crippen MR) is 74.9 cm³/mol. The van der Waals surface area contributed by atoms with Gasteiger partial charge in [-0.05, 0) is 6.92 Å². The minimum absolute atomic E-state index is 0.00650. The number of carbonyl (C=O) groups is 1. The molecule has 0 bridgehead atoms. The van der Waals surface area contributed by atoms with Crippen LogP contribution in [0.4, 0.5) is 17.5 Å². The van der Waals surface area contributed by atoms with Gasteiger partial charge in [0.25, 0.3) is 0 Å². The van der Waals surface area contributed by atoms with E-state index in [2.05, 4.69) is 15.3 Å². The number of nitro groups is 1. The summed E-state index contributed by atoms with van der Waals surface area (Å²) in [7, 11) is 6.44. The molecule has 0 atom stereocenters. The lowest BCUT2D eigenvalue weighted by molar-refractivity contribution is -0.385. The second-order valence-electron chi connectivity index (χ2n) is 4.46. The zero-order valence-electron chi connectivity index (χ0n) is 12.2. The molecule has 1 amide bonds. The van der Waals surface area contributed by atoms with Gasteiger partial charge >= 0.3 is 5.69 Å². The van der Waals surface area contributed by atoms with Crippen LogP contribution < -0.4 is 10.2 Å². The van der Waals surface area contributed by atoms with E-state index < -0.39 is 4.92 Å². The Bertz CT molecular complexity index is 531. The number of aryl methyl sites for hydroxylation is 1. The van der Waals surface area contributed by atoms with E-state index in [-0.39, 0.29) is 35.6 Å². The van der Waals surface area contributed by atoms with Crippen LogP contribution in [-0.4, -0.2) is 60.4 Å². The lowest BCUT2D eigenvalue weighted by Gasteiger charge is -2.20. The Kier molecular flexibility index (Phi) is 4.78. The van der Waals surface area contributed by atoms with Crippen LogP contribution in [-0.2, 0) is 4.79 Å². The highest BCUT2D eigenvalue weighted by molar-refractivity contribution is 5.81. The number of carbonyl (C=O) groups excluding carboxylic acids is 1. The number of anilines is 2. The first-order valence-electron chi connectivity index (χ1n) is 5.90. The highest BCUT2D eigenvalue weighted by atomic mass is 16.6. The third-order valence-electron chi connectivity index (χ3n) is 2.68. The van der Waals surface area contributed by atoms with Crippen LogP contribution in [0.5, 0.6) is 0 Å². The molecule has 110 valence electrons. The van der Waals surface area contributed by atoms with Crippen molar-refractivity contribution in [1.29, 1.82) is 0 Å². The average Bonchev–Trinajstić information content (AvgIpc) is 2.36. The Balaban J connectivity index is 3.23. The van der Waals surface area contributed by atoms with Crippen molar-refractivity contribution in [2.24, 2.45) is 0 Å². The summed E-state index contributed by atoms with van der Waals surface area (Å²) in [5.41, 5.74) is 0.0477. The highest BCUT2D eigenvalue weighted by Gasteiger charge is 2.25. The van der Waals surface area contributed by atoms with Gasteiger partial charge in [0.1, 0.15) is 5.69 Å². The largest absolute Gasteiger partial charge is 0.357 e. The van der Waals surface area contributed by atoms with E-state index in [9.17, 15) is 14.9 Å². The Morgan fingerprint density at radius 1 is 1.35 bits per heavy atom. The SMILES string of the molecule is CNc1nc(C)c([N+](=O)[O-])c(N(C)CC(=O)N(C)C)n1. The molecule has 20 heavy (non-hydrogen) atoms. The number of nitrogens with zero attached hydrogens (tertiary/aromatic N) is 5. The van der Waals surface area contributed by atoms with Gasteiger partial charge in [0, 0.05) is 28.2 Å². The van der Waals surface area contributed by atoms with E-state index in [4.69, 9.17) is 0 Å². The summed E-state index contributed by atoms with van der Waals surface area (Å²) in [6, 6.07) is 0. The van der Waals surface area contributed by atoms with E-state index in [1.807, 2.05) is 0 Å². The van der Waals surface area contributed by atoms with E-state index in [0.717, 1.165) is 0 Å². The maximum Gasteiger partial charge on any atom is 0.332 e. The van der Waals surface area contributed by atoms with Gasteiger partial charge in [-0.1, -0.05) is 0 Å². The maximum atomic E-state index is 11.7. The van der Waals surface area contributed by atoms with Crippen LogP contribution in [0, 0.1) is 17.0 Å². The quantitative estimate of drug-likeness (QED) is 0.610. The van der Waals surface area contributed by atoms with E-state index in [1.54, 1.807) is 28.2 Å². The van der Waals surface area contributed by atoms with Gasteiger partial charge in [0.2, 0.25) is 17.7 Å². The molecule has 1 heterocycles. The van der Waals surface area contributed by atoms with Crippen molar-refractivity contribution in [3.05, 3.63) is 15.8 Å². The van der Waals surface area contributed by atoms with E-state index >= 15 is 0 Å². The van der Waals surface area contributed by atoms with Gasteiger partial charge in [-0.3, -0.25) is 14.9 Å². The second kappa shape index (κ2) is 6.13. The Labute approximate surface area is 116 Å². The van der Waals surface area contributed by atoms with Gasteiger partial charge in [-0.2, -0.15) is 4.98 Å². The fourth-order valence-electron chi connectivity index (χ4n) is 1.56. The van der Waals surface area contributed by atoms with Gasteiger partial charge in [-0.15, -0.1) is 0 Å². The molecule has 0 radical (unpaired) electrons. The molecule has 1 aromatic rings. The van der Waals surface area contributed by atoms with Crippen LogP contribution in [0.1, 0.15) is 5.69 Å². The third kappa shape index (κ3) is 3.31. The minimum Gasteiger partial charge on any atom is -0.357 e. The van der Waals surface area contributed by atoms with Crippen LogP contribution >= 0.6 is 0 Å². The first kappa shape index (κ1) is 15.6. The normalized spacial score (nSPS) is 10.1. The van der Waals surface area contributed by atoms with Crippen LogP contribution in [0.15, 0.2) is 0 Å². The van der Waals surface area contributed by atoms with Crippen molar-refractivity contribution >= 4 is 23.4 Å². The molecule has 0 saturated heterocycles. The summed E-state index contributed by atoms with van der Waals surface area (Å²) in [4.78, 5) is 33.2. The summed E-state index contributed by atoms with van der Waals surface area (Å²) in [6.07, 6.45) is 0. The van der Waals surface area contributed by atoms with E-state index in [0.29, 0.717) is 0 Å². The van der Waals surface area contributed by atoms with Crippen molar-refractivity contribution in [2.75, 3.05) is 45.0 Å². The van der Waals surface area contributed by atoms with Crippen molar-refractivity contribution in [2.45, 2.75) is 6.92 Å². The third-order valence-corrected chi connectivity index (χ3v) is 2.68. The molecule has 1 rings (SSSR count). The highest BCUT2D eigenvalue weighted by Crippen LogP contribution is 2.28. The smallest absolute Gasteiger partial charge is 0.332 e. The van der Waals surface area contributed by atoms with Gasteiger partial charge in [-0.25, -0.2) is 4.98 Å². The van der Waals surface area contributed by atoms with Gasteiger partial charge in [0.05, 0.1) is 11.5 Å². The summed E-state index contributed by atoms with van der Waals surface area (Å²) in [5, 5.41) is 13.9. The Morgan fingerprint density at radius 3 is 2.40 bits per heavy atom. The summed E-state index contributed by atoms with van der Waals surface area (Å²) in [5.74, 6) is 0.207. The predicted octanol–water partition coefficient (Wildman–Crippen LogP) is 0.259. The Hall–Kier alpha value is -2.45. The molecule has 0 aromatic carbocycles. The molecule has 0 aliphatic heterocycles. The summed E-state index contributed by atoms with van der Waals surface area (Å²) < 4.78 is 0. The molecule has 1 N–H and O–H groups in total. The first-order chi connectivity index (χ1) is 9.27. The minimum atomic E-state index is -0.541. The van der Waals surface area contributed by atoms with Crippen molar-refractivity contribution in [3.8, 4) is 0 Å². The standard InChI is InChI=1S/C11H18N6O3/c1-7-9(17(19)20)10(14-11(12-2)13-7)16(5)6-8(18)15(3)4/h6H2,1-5H3,(H,12,13,14). The zero-order valence-corrected chi connectivity index (χ0v) is 12.2. The number of likely N-dealkylation sites (N-methyl/N-ethyl adjacent to an activating group) is 2. The zero-order chi connectivity index (χ0) is 15.4. The summed E-state index contributed by atoms with van der Waals surface area (Å²) >= 11 is 0. The number of amides is 1. The number of rotatable bonds is 5. The number of hydrogen-bond donors (Lipinski definition) is 1. The lowest BCUT2D eigenvalue weighted by atomic mass is 10.3. The van der Waals surface area contributed by atoms with E-state index in [1.165, 1.54) is 16.7 Å². The summed E-state index contributed by atoms with van der Waals surface area (Å²) in [6.45, 7) is 1.53. The number of nitrogens with one attached hydrogen (secondary N) is 1. The van der Waals surface area contributed by atoms with Crippen LogP contribution in [0.2, 0.25) is 0 Å². The van der Waals surface area contributed by atoms with Crippen LogP contribution in [0.3, 0.4) is 0 Å². The van der Waals surface area contributed by atoms with Gasteiger partial charge < -0.3 is 15.1 Å². The molecule has 1 aromatic heterocycles. The second-order valence-corrected chi connectivity index (χ2v) is 4.46. The topological polar surface area (TPSA) is 104 Å². The molecule has 9 nitrogen and oxygen atoms in total. The average molecular weight is 282 g/mol. The number of aromatic nitrogens is 2. The molecule has 0 aliphatic rings. The lowest BCUT2D eigenvalue weighted by Crippen LogP contribution is -2.35. The molecule has 0 unspecified atom stereocenters. The van der Waals surface area contributed by atoms with Crippen LogP contribution in [0.25, 0.3) is 0 Å². The first-order valence-corrected chi connectivity index (χ1v) is 5.90. The molecule has 0 spiro atoms. The Morgan fingerprint density at radius 2 is 1.95 bits per heavy atom. The van der Waals surface area contributed by atoms with Gasteiger partial charge in [0.15, 0.2) is 0 Å². The van der Waals surface area contributed by atoms with Crippen molar-refractivity contribution < 1.29 is 9.72 Å². The molecular weight excluding hydrogens is 264 g/mol. The molecule has 0 fully saturated rings. The molecule has 0 aliphatic carbocycles. The fourth-order valence-corrected chi connectivity index (χ4v) is 1.56. The maximum absolute atomic E-state index is 11.7. The molecule has 0 saturated carbocycles. The fraction of sp³-hybridized carbons (Fsp3) is 0.545.